The highest BCUT2D eigenvalue weighted by atomic mass is 35.5. The number of carbonyl (C=O) groups is 1. The summed E-state index contributed by atoms with van der Waals surface area (Å²) in [5, 5.41) is 5.46. The zero-order chi connectivity index (χ0) is 17.2. The first-order valence-electron chi connectivity index (χ1n) is 8.30. The minimum absolute atomic E-state index is 0. The number of alkyl halides is 2. The topological polar surface area (TPSA) is 44.4 Å². The molecule has 1 aromatic carbocycles. The second-order valence-corrected chi connectivity index (χ2v) is 6.68. The standard InChI is InChI=1S/C17H22F3N3O.2ClH/c18-13-3-1-12(2-4-13)10-23-7-5-14(6-8-23)22-16(24)15-9-17(19,20)11-21-15;;/h1-4,14-15,21H,5-11H2,(H,22,24);2*1H. The molecule has 0 radical (unpaired) electrons. The number of benzene rings is 1. The Bertz CT molecular complexity index is 581. The minimum atomic E-state index is -2.79. The van der Waals surface area contributed by atoms with Gasteiger partial charge in [-0.3, -0.25) is 15.0 Å². The largest absolute Gasteiger partial charge is 0.352 e. The van der Waals surface area contributed by atoms with E-state index in [2.05, 4.69) is 15.5 Å². The van der Waals surface area contributed by atoms with Crippen LogP contribution in [0.2, 0.25) is 0 Å². The summed E-state index contributed by atoms with van der Waals surface area (Å²) in [5.74, 6) is -3.36. The molecule has 2 aliphatic rings. The van der Waals surface area contributed by atoms with E-state index in [0.29, 0.717) is 0 Å². The van der Waals surface area contributed by atoms with Crippen molar-refractivity contribution in [1.29, 1.82) is 0 Å². The quantitative estimate of drug-likeness (QED) is 0.797. The maximum absolute atomic E-state index is 13.1. The van der Waals surface area contributed by atoms with Gasteiger partial charge in [0.15, 0.2) is 0 Å². The summed E-state index contributed by atoms with van der Waals surface area (Å²) in [4.78, 5) is 14.3. The molecule has 3 rings (SSSR count). The van der Waals surface area contributed by atoms with Gasteiger partial charge in [-0.25, -0.2) is 13.2 Å². The van der Waals surface area contributed by atoms with Gasteiger partial charge >= 0.3 is 0 Å². The van der Waals surface area contributed by atoms with E-state index < -0.39 is 24.9 Å². The Balaban J connectivity index is 0.00000169. The molecule has 0 saturated carbocycles. The lowest BCUT2D eigenvalue weighted by atomic mass is 10.0. The molecule has 0 spiro atoms. The van der Waals surface area contributed by atoms with Gasteiger partial charge < -0.3 is 5.32 Å². The van der Waals surface area contributed by atoms with Gasteiger partial charge in [-0.15, -0.1) is 24.8 Å². The smallest absolute Gasteiger partial charge is 0.262 e. The summed E-state index contributed by atoms with van der Waals surface area (Å²) in [6.07, 6.45) is 1.15. The second kappa shape index (κ2) is 9.78. The number of halogens is 5. The van der Waals surface area contributed by atoms with Crippen molar-refractivity contribution in [3.8, 4) is 0 Å². The van der Waals surface area contributed by atoms with Gasteiger partial charge in [0.1, 0.15) is 5.82 Å². The van der Waals surface area contributed by atoms with Crippen molar-refractivity contribution in [2.24, 2.45) is 0 Å². The van der Waals surface area contributed by atoms with Gasteiger partial charge in [-0.2, -0.15) is 0 Å². The van der Waals surface area contributed by atoms with E-state index in [4.69, 9.17) is 0 Å². The van der Waals surface area contributed by atoms with Crippen LogP contribution in [0, 0.1) is 5.82 Å². The average molecular weight is 414 g/mol. The minimum Gasteiger partial charge on any atom is -0.352 e. The average Bonchev–Trinajstić information content (AvgIpc) is 2.92. The molecule has 0 bridgehead atoms. The normalized spacial score (nSPS) is 23.0. The third-order valence-corrected chi connectivity index (χ3v) is 4.68. The van der Waals surface area contributed by atoms with Gasteiger partial charge in [-0.05, 0) is 30.5 Å². The lowest BCUT2D eigenvalue weighted by molar-refractivity contribution is -0.124. The third kappa shape index (κ3) is 6.30. The number of likely N-dealkylation sites (tertiary alicyclic amines) is 1. The monoisotopic (exact) mass is 413 g/mol. The van der Waals surface area contributed by atoms with E-state index >= 15 is 0 Å². The molecule has 0 aromatic heterocycles. The number of rotatable bonds is 4. The number of amides is 1. The Morgan fingerprint density at radius 1 is 1.19 bits per heavy atom. The SMILES string of the molecule is Cl.Cl.O=C(NC1CCN(Cc2ccc(F)cc2)CC1)C1CC(F)(F)CN1. The summed E-state index contributed by atoms with van der Waals surface area (Å²) in [6.45, 7) is 1.95. The predicted molar refractivity (Wildman–Crippen MR) is 98.7 cm³/mol. The summed E-state index contributed by atoms with van der Waals surface area (Å²) in [6, 6.07) is 5.68. The Morgan fingerprint density at radius 2 is 1.81 bits per heavy atom. The fourth-order valence-electron chi connectivity index (χ4n) is 3.29. The fraction of sp³-hybridized carbons (Fsp3) is 0.588. The van der Waals surface area contributed by atoms with Crippen molar-refractivity contribution in [3.63, 3.8) is 0 Å². The molecule has 1 aromatic rings. The maximum atomic E-state index is 13.1. The van der Waals surface area contributed by atoms with Crippen molar-refractivity contribution in [2.45, 2.75) is 43.8 Å². The molecule has 0 aliphatic carbocycles. The molecule has 9 heteroatoms. The van der Waals surface area contributed by atoms with E-state index in [0.717, 1.165) is 38.0 Å². The number of carbonyl (C=O) groups excluding carboxylic acids is 1. The van der Waals surface area contributed by atoms with Gasteiger partial charge in [0.05, 0.1) is 12.6 Å². The van der Waals surface area contributed by atoms with Crippen molar-refractivity contribution in [1.82, 2.24) is 15.5 Å². The Labute approximate surface area is 163 Å². The highest BCUT2D eigenvalue weighted by molar-refractivity contribution is 5.85. The van der Waals surface area contributed by atoms with Crippen molar-refractivity contribution >= 4 is 30.7 Å². The molecule has 1 unspecified atom stereocenters. The highest BCUT2D eigenvalue weighted by Crippen LogP contribution is 2.25. The Morgan fingerprint density at radius 3 is 2.35 bits per heavy atom. The molecule has 4 nitrogen and oxygen atoms in total. The van der Waals surface area contributed by atoms with Crippen LogP contribution in [0.5, 0.6) is 0 Å². The molecule has 148 valence electrons. The van der Waals surface area contributed by atoms with Crippen LogP contribution in [0.1, 0.15) is 24.8 Å². The molecular weight excluding hydrogens is 390 g/mol. The summed E-state index contributed by atoms with van der Waals surface area (Å²) in [7, 11) is 0. The lowest BCUT2D eigenvalue weighted by Crippen LogP contribution is -2.49. The number of piperidine rings is 1. The van der Waals surface area contributed by atoms with Crippen LogP contribution >= 0.6 is 24.8 Å². The van der Waals surface area contributed by atoms with Crippen LogP contribution in [-0.2, 0) is 11.3 Å². The molecular formula is C17H24Cl2F3N3O. The predicted octanol–water partition coefficient (Wildman–Crippen LogP) is 2.75. The van der Waals surface area contributed by atoms with Crippen LogP contribution in [0.4, 0.5) is 13.2 Å². The summed E-state index contributed by atoms with van der Waals surface area (Å²) < 4.78 is 39.2. The van der Waals surface area contributed by atoms with Gasteiger partial charge in [0.25, 0.3) is 5.92 Å². The summed E-state index contributed by atoms with van der Waals surface area (Å²) in [5.41, 5.74) is 1.05. The molecule has 1 amide bonds. The lowest BCUT2D eigenvalue weighted by Gasteiger charge is -2.32. The van der Waals surface area contributed by atoms with Gasteiger partial charge in [-0.1, -0.05) is 12.1 Å². The number of hydrogen-bond donors (Lipinski definition) is 2. The zero-order valence-electron chi connectivity index (χ0n) is 14.2. The van der Waals surface area contributed by atoms with Crippen LogP contribution in [0.3, 0.4) is 0 Å². The van der Waals surface area contributed by atoms with E-state index in [1.54, 1.807) is 12.1 Å². The Hall–Kier alpha value is -1.02. The van der Waals surface area contributed by atoms with E-state index in [9.17, 15) is 18.0 Å². The van der Waals surface area contributed by atoms with E-state index in [1.807, 2.05) is 0 Å². The van der Waals surface area contributed by atoms with Crippen molar-refractivity contribution < 1.29 is 18.0 Å². The fourth-order valence-corrected chi connectivity index (χ4v) is 3.29. The number of nitrogens with zero attached hydrogens (tertiary/aromatic N) is 1. The first-order chi connectivity index (χ1) is 11.4. The molecule has 1 atom stereocenters. The van der Waals surface area contributed by atoms with Crippen LogP contribution in [-0.4, -0.2) is 48.4 Å². The van der Waals surface area contributed by atoms with Crippen LogP contribution < -0.4 is 10.6 Å². The number of nitrogens with one attached hydrogen (secondary N) is 2. The maximum Gasteiger partial charge on any atom is 0.262 e. The first kappa shape index (κ1) is 23.0. The highest BCUT2D eigenvalue weighted by Gasteiger charge is 2.42. The summed E-state index contributed by atoms with van der Waals surface area (Å²) >= 11 is 0. The molecule has 26 heavy (non-hydrogen) atoms. The zero-order valence-corrected chi connectivity index (χ0v) is 15.9. The molecule has 2 heterocycles. The second-order valence-electron chi connectivity index (χ2n) is 6.68. The van der Waals surface area contributed by atoms with Crippen molar-refractivity contribution in [2.75, 3.05) is 19.6 Å². The first-order valence-corrected chi connectivity index (χ1v) is 8.30. The van der Waals surface area contributed by atoms with Gasteiger partial charge in [0, 0.05) is 32.1 Å². The van der Waals surface area contributed by atoms with Crippen LogP contribution in [0.15, 0.2) is 24.3 Å². The van der Waals surface area contributed by atoms with E-state index in [1.165, 1.54) is 12.1 Å². The van der Waals surface area contributed by atoms with Crippen molar-refractivity contribution in [3.05, 3.63) is 35.6 Å². The van der Waals surface area contributed by atoms with E-state index in [-0.39, 0.29) is 42.6 Å². The van der Waals surface area contributed by atoms with Crippen LogP contribution in [0.25, 0.3) is 0 Å². The molecule has 2 aliphatic heterocycles. The molecule has 2 fully saturated rings. The third-order valence-electron chi connectivity index (χ3n) is 4.68. The molecule has 2 N–H and O–H groups in total. The molecule has 2 saturated heterocycles. The number of hydrogen-bond acceptors (Lipinski definition) is 3. The van der Waals surface area contributed by atoms with Gasteiger partial charge in [0.2, 0.25) is 5.91 Å². The Kier molecular flexibility index (Phi) is 8.66.